The van der Waals surface area contributed by atoms with Gasteiger partial charge in [-0.05, 0) is 61.3 Å². The van der Waals surface area contributed by atoms with Crippen molar-refractivity contribution in [3.63, 3.8) is 0 Å². The minimum atomic E-state index is -0.0181. The van der Waals surface area contributed by atoms with Crippen molar-refractivity contribution in [1.82, 2.24) is 9.80 Å². The maximum Gasteiger partial charge on any atom is 0.254 e. The Kier molecular flexibility index (Phi) is 6.57. The molecule has 0 spiro atoms. The molecule has 0 atom stereocenters. The van der Waals surface area contributed by atoms with Gasteiger partial charge in [0, 0.05) is 25.2 Å². The summed E-state index contributed by atoms with van der Waals surface area (Å²) < 4.78 is 0.754. The summed E-state index contributed by atoms with van der Waals surface area (Å²) in [7, 11) is 3.98. The molecule has 0 aromatic heterocycles. The fourth-order valence-electron chi connectivity index (χ4n) is 1.73. The number of carbonyl (C=O) groups excluding carboxylic acids is 1. The zero-order valence-corrected chi connectivity index (χ0v) is 13.8. The van der Waals surface area contributed by atoms with Crippen molar-refractivity contribution in [2.45, 2.75) is 13.3 Å². The molecule has 5 heteroatoms. The van der Waals surface area contributed by atoms with Gasteiger partial charge in [0.1, 0.15) is 5.75 Å². The highest BCUT2D eigenvalue weighted by atomic mass is 127. The highest BCUT2D eigenvalue weighted by Crippen LogP contribution is 2.21. The van der Waals surface area contributed by atoms with E-state index in [-0.39, 0.29) is 11.7 Å². The Morgan fingerprint density at radius 2 is 1.95 bits per heavy atom. The molecule has 0 aliphatic heterocycles. The van der Waals surface area contributed by atoms with Crippen molar-refractivity contribution in [2.24, 2.45) is 0 Å². The highest BCUT2D eigenvalue weighted by molar-refractivity contribution is 14.1. The molecule has 0 aliphatic rings. The second-order valence-corrected chi connectivity index (χ2v) is 5.92. The molecule has 0 aliphatic carbocycles. The maximum atomic E-state index is 12.4. The van der Waals surface area contributed by atoms with E-state index in [0.717, 1.165) is 23.1 Å². The van der Waals surface area contributed by atoms with Gasteiger partial charge in [-0.3, -0.25) is 4.79 Å². The third kappa shape index (κ3) is 4.99. The first-order valence-electron chi connectivity index (χ1n) is 6.38. The zero-order chi connectivity index (χ0) is 14.4. The Balaban J connectivity index is 2.82. The van der Waals surface area contributed by atoms with Gasteiger partial charge in [0.2, 0.25) is 0 Å². The molecule has 19 heavy (non-hydrogen) atoms. The van der Waals surface area contributed by atoms with Crippen molar-refractivity contribution < 1.29 is 9.90 Å². The predicted octanol–water partition coefficient (Wildman–Crippen LogP) is 2.41. The molecule has 0 radical (unpaired) electrons. The third-order valence-electron chi connectivity index (χ3n) is 2.79. The predicted molar refractivity (Wildman–Crippen MR) is 85.6 cm³/mol. The zero-order valence-electron chi connectivity index (χ0n) is 11.7. The molecule has 0 saturated heterocycles. The lowest BCUT2D eigenvalue weighted by molar-refractivity contribution is 0.0744. The molecule has 0 heterocycles. The number of benzene rings is 1. The van der Waals surface area contributed by atoms with E-state index in [9.17, 15) is 9.90 Å². The number of likely N-dealkylation sites (N-methyl/N-ethyl adjacent to an activating group) is 1. The van der Waals surface area contributed by atoms with Crippen LogP contribution in [-0.4, -0.2) is 54.5 Å². The van der Waals surface area contributed by atoms with Gasteiger partial charge in [0.15, 0.2) is 0 Å². The Bertz CT molecular complexity index is 435. The first kappa shape index (κ1) is 16.2. The Morgan fingerprint density at radius 3 is 2.47 bits per heavy atom. The second kappa shape index (κ2) is 7.69. The molecule has 1 amide bonds. The summed E-state index contributed by atoms with van der Waals surface area (Å²) >= 11 is 2.04. The van der Waals surface area contributed by atoms with Crippen LogP contribution in [0.3, 0.4) is 0 Å². The smallest absolute Gasteiger partial charge is 0.254 e. The van der Waals surface area contributed by atoms with Gasteiger partial charge in [-0.2, -0.15) is 0 Å². The SMILES string of the molecule is CCCN(CCN(C)C)C(=O)c1ccc(I)c(O)c1. The topological polar surface area (TPSA) is 43.8 Å². The van der Waals surface area contributed by atoms with Crippen LogP contribution < -0.4 is 0 Å². The second-order valence-electron chi connectivity index (χ2n) is 4.76. The largest absolute Gasteiger partial charge is 0.507 e. The van der Waals surface area contributed by atoms with Gasteiger partial charge < -0.3 is 14.9 Å². The standard InChI is InChI=1S/C14H21IN2O2/c1-4-7-17(9-8-16(2)3)14(19)11-5-6-12(15)13(18)10-11/h5-6,10,18H,4,7-9H2,1-3H3. The summed E-state index contributed by atoms with van der Waals surface area (Å²) in [5.41, 5.74) is 0.546. The van der Waals surface area contributed by atoms with Crippen molar-refractivity contribution in [2.75, 3.05) is 33.7 Å². The molecule has 1 aromatic rings. The van der Waals surface area contributed by atoms with E-state index in [4.69, 9.17) is 0 Å². The normalized spacial score (nSPS) is 10.8. The molecular formula is C14H21IN2O2. The number of hydrogen-bond acceptors (Lipinski definition) is 3. The molecule has 1 aromatic carbocycles. The molecule has 106 valence electrons. The summed E-state index contributed by atoms with van der Waals surface area (Å²) in [6.07, 6.45) is 0.926. The molecule has 4 nitrogen and oxygen atoms in total. The van der Waals surface area contributed by atoms with Crippen LogP contribution in [0.15, 0.2) is 18.2 Å². The van der Waals surface area contributed by atoms with Crippen molar-refractivity contribution in [3.8, 4) is 5.75 Å². The molecular weight excluding hydrogens is 355 g/mol. The van der Waals surface area contributed by atoms with Gasteiger partial charge >= 0.3 is 0 Å². The fourth-order valence-corrected chi connectivity index (χ4v) is 2.07. The number of hydrogen-bond donors (Lipinski definition) is 1. The van der Waals surface area contributed by atoms with Crippen molar-refractivity contribution >= 4 is 28.5 Å². The van der Waals surface area contributed by atoms with Crippen LogP contribution in [0.1, 0.15) is 23.7 Å². The molecule has 0 bridgehead atoms. The van der Waals surface area contributed by atoms with Crippen molar-refractivity contribution in [3.05, 3.63) is 27.3 Å². The number of amides is 1. The monoisotopic (exact) mass is 376 g/mol. The van der Waals surface area contributed by atoms with Crippen LogP contribution in [0.25, 0.3) is 0 Å². The van der Waals surface area contributed by atoms with E-state index < -0.39 is 0 Å². The number of phenolic OH excluding ortho intramolecular Hbond substituents is 1. The molecule has 0 saturated carbocycles. The van der Waals surface area contributed by atoms with E-state index in [1.165, 1.54) is 0 Å². The van der Waals surface area contributed by atoms with E-state index in [1.54, 1.807) is 18.2 Å². The van der Waals surface area contributed by atoms with Gasteiger partial charge in [-0.1, -0.05) is 6.92 Å². The maximum absolute atomic E-state index is 12.4. The Hall–Kier alpha value is -0.820. The average molecular weight is 376 g/mol. The van der Waals surface area contributed by atoms with Crippen LogP contribution in [0.2, 0.25) is 0 Å². The van der Waals surface area contributed by atoms with Gasteiger partial charge in [-0.25, -0.2) is 0 Å². The average Bonchev–Trinajstić information content (AvgIpc) is 2.36. The van der Waals surface area contributed by atoms with Crippen molar-refractivity contribution in [1.29, 1.82) is 0 Å². The Morgan fingerprint density at radius 1 is 1.26 bits per heavy atom. The van der Waals surface area contributed by atoms with Gasteiger partial charge in [-0.15, -0.1) is 0 Å². The molecule has 0 unspecified atom stereocenters. The van der Waals surface area contributed by atoms with Crippen LogP contribution in [-0.2, 0) is 0 Å². The summed E-state index contributed by atoms with van der Waals surface area (Å²) in [6.45, 7) is 4.33. The van der Waals surface area contributed by atoms with Crippen LogP contribution in [0.4, 0.5) is 0 Å². The lowest BCUT2D eigenvalue weighted by Gasteiger charge is -2.24. The lowest BCUT2D eigenvalue weighted by Crippen LogP contribution is -2.37. The van der Waals surface area contributed by atoms with E-state index in [0.29, 0.717) is 12.1 Å². The third-order valence-corrected chi connectivity index (χ3v) is 3.70. The summed E-state index contributed by atoms with van der Waals surface area (Å²) in [5.74, 6) is 0.144. The van der Waals surface area contributed by atoms with E-state index >= 15 is 0 Å². The number of halogens is 1. The van der Waals surface area contributed by atoms with E-state index in [1.807, 2.05) is 41.6 Å². The fraction of sp³-hybridized carbons (Fsp3) is 0.500. The number of aromatic hydroxyl groups is 1. The number of carbonyl (C=O) groups is 1. The van der Waals surface area contributed by atoms with Crippen LogP contribution >= 0.6 is 22.6 Å². The number of rotatable bonds is 6. The summed E-state index contributed by atoms with van der Waals surface area (Å²) in [5, 5.41) is 9.69. The van der Waals surface area contributed by atoms with Gasteiger partial charge in [0.05, 0.1) is 3.57 Å². The number of nitrogens with zero attached hydrogens (tertiary/aromatic N) is 2. The lowest BCUT2D eigenvalue weighted by atomic mass is 10.2. The first-order valence-corrected chi connectivity index (χ1v) is 7.46. The minimum Gasteiger partial charge on any atom is -0.507 e. The Labute approximate surface area is 128 Å². The quantitative estimate of drug-likeness (QED) is 0.776. The van der Waals surface area contributed by atoms with Gasteiger partial charge in [0.25, 0.3) is 5.91 Å². The molecule has 1 N–H and O–H groups in total. The molecule has 0 fully saturated rings. The summed E-state index contributed by atoms with van der Waals surface area (Å²) in [6, 6.07) is 5.07. The van der Waals surface area contributed by atoms with E-state index in [2.05, 4.69) is 11.8 Å². The van der Waals surface area contributed by atoms with Crippen LogP contribution in [0.5, 0.6) is 5.75 Å². The highest BCUT2D eigenvalue weighted by Gasteiger charge is 2.16. The minimum absolute atomic E-state index is 0.0181. The summed E-state index contributed by atoms with van der Waals surface area (Å²) in [4.78, 5) is 16.3. The molecule has 1 rings (SSSR count). The number of phenols is 1. The van der Waals surface area contributed by atoms with Crippen LogP contribution in [0, 0.1) is 3.57 Å². The first-order chi connectivity index (χ1) is 8.95.